The summed E-state index contributed by atoms with van der Waals surface area (Å²) in [6.45, 7) is 9.36. The van der Waals surface area contributed by atoms with Crippen LogP contribution in [0.15, 0.2) is 0 Å². The van der Waals surface area contributed by atoms with Crippen molar-refractivity contribution in [2.24, 2.45) is 5.41 Å². The van der Waals surface area contributed by atoms with Crippen LogP contribution in [0.25, 0.3) is 0 Å². The summed E-state index contributed by atoms with van der Waals surface area (Å²) in [5, 5.41) is 3.61. The molecule has 0 spiro atoms. The minimum atomic E-state index is 0.552. The van der Waals surface area contributed by atoms with Crippen LogP contribution in [-0.4, -0.2) is 38.1 Å². The summed E-state index contributed by atoms with van der Waals surface area (Å²) in [5.74, 6) is 0. The van der Waals surface area contributed by atoms with Crippen LogP contribution in [0.2, 0.25) is 0 Å². The molecule has 1 fully saturated rings. The highest BCUT2D eigenvalue weighted by Crippen LogP contribution is 2.35. The molecule has 0 aromatic carbocycles. The average molecular weight is 240 g/mol. The molecule has 0 amide bonds. The maximum atomic E-state index is 3.61. The Morgan fingerprint density at radius 3 is 2.24 bits per heavy atom. The fourth-order valence-corrected chi connectivity index (χ4v) is 3.29. The maximum absolute atomic E-state index is 3.61. The van der Waals surface area contributed by atoms with Crippen molar-refractivity contribution in [1.29, 1.82) is 0 Å². The van der Waals surface area contributed by atoms with Gasteiger partial charge in [-0.2, -0.15) is 0 Å². The van der Waals surface area contributed by atoms with Crippen LogP contribution in [-0.2, 0) is 0 Å². The molecule has 0 aliphatic heterocycles. The molecule has 0 aromatic heterocycles. The van der Waals surface area contributed by atoms with Gasteiger partial charge in [0.25, 0.3) is 0 Å². The van der Waals surface area contributed by atoms with E-state index in [0.717, 1.165) is 6.54 Å². The predicted octanol–water partition coefficient (Wildman–Crippen LogP) is 3.28. The highest BCUT2D eigenvalue weighted by molar-refractivity contribution is 4.86. The van der Waals surface area contributed by atoms with Crippen molar-refractivity contribution in [2.45, 2.75) is 58.8 Å². The minimum Gasteiger partial charge on any atom is -0.316 e. The Balaban J connectivity index is 2.55. The smallest absolute Gasteiger partial charge is 0.00471 e. The molecular formula is C15H32N2. The fourth-order valence-electron chi connectivity index (χ4n) is 3.29. The van der Waals surface area contributed by atoms with Crippen LogP contribution in [0.4, 0.5) is 0 Å². The first kappa shape index (κ1) is 15.0. The second kappa shape index (κ2) is 8.10. The number of nitrogens with one attached hydrogen (secondary N) is 1. The lowest BCUT2D eigenvalue weighted by atomic mass is 9.79. The molecule has 0 unspecified atom stereocenters. The third kappa shape index (κ3) is 5.39. The summed E-state index contributed by atoms with van der Waals surface area (Å²) in [7, 11) is 2.29. The number of nitrogens with zero attached hydrogens (tertiary/aromatic N) is 1. The molecule has 1 rings (SSSR count). The standard InChI is InChI=1S/C15H32N2/c1-4-12-17(3)14-15(13-16-5-2)10-8-6-7-9-11-15/h16H,4-14H2,1-3H3. The molecule has 102 valence electrons. The summed E-state index contributed by atoms with van der Waals surface area (Å²) >= 11 is 0. The van der Waals surface area contributed by atoms with E-state index in [-0.39, 0.29) is 0 Å². The van der Waals surface area contributed by atoms with E-state index >= 15 is 0 Å². The van der Waals surface area contributed by atoms with E-state index < -0.39 is 0 Å². The van der Waals surface area contributed by atoms with Crippen molar-refractivity contribution in [2.75, 3.05) is 33.2 Å². The van der Waals surface area contributed by atoms with Crippen LogP contribution in [0.3, 0.4) is 0 Å². The Morgan fingerprint density at radius 1 is 1.06 bits per heavy atom. The molecular weight excluding hydrogens is 208 g/mol. The molecule has 1 aliphatic carbocycles. The predicted molar refractivity (Wildman–Crippen MR) is 76.5 cm³/mol. The third-order valence-electron chi connectivity index (χ3n) is 4.12. The van der Waals surface area contributed by atoms with Gasteiger partial charge in [-0.25, -0.2) is 0 Å². The van der Waals surface area contributed by atoms with E-state index in [4.69, 9.17) is 0 Å². The second-order valence-corrected chi connectivity index (χ2v) is 5.93. The van der Waals surface area contributed by atoms with Gasteiger partial charge in [0.1, 0.15) is 0 Å². The van der Waals surface area contributed by atoms with Crippen molar-refractivity contribution in [1.82, 2.24) is 10.2 Å². The SMILES string of the molecule is CCCN(C)CC1(CNCC)CCCCCC1. The first-order valence-corrected chi connectivity index (χ1v) is 7.62. The zero-order valence-corrected chi connectivity index (χ0v) is 12.2. The molecule has 0 atom stereocenters. The largest absolute Gasteiger partial charge is 0.316 e. The van der Waals surface area contributed by atoms with Crippen molar-refractivity contribution in [3.05, 3.63) is 0 Å². The van der Waals surface area contributed by atoms with Crippen molar-refractivity contribution >= 4 is 0 Å². The molecule has 2 nitrogen and oxygen atoms in total. The Bertz CT molecular complexity index is 183. The van der Waals surface area contributed by atoms with E-state index in [1.807, 2.05) is 0 Å². The van der Waals surface area contributed by atoms with Gasteiger partial charge in [0.2, 0.25) is 0 Å². The van der Waals surface area contributed by atoms with E-state index in [9.17, 15) is 0 Å². The number of rotatable bonds is 7. The summed E-state index contributed by atoms with van der Waals surface area (Å²) in [5.41, 5.74) is 0.552. The van der Waals surface area contributed by atoms with Gasteiger partial charge >= 0.3 is 0 Å². The average Bonchev–Trinajstić information content (AvgIpc) is 2.53. The lowest BCUT2D eigenvalue weighted by Crippen LogP contribution is -2.43. The Morgan fingerprint density at radius 2 is 1.71 bits per heavy atom. The highest BCUT2D eigenvalue weighted by Gasteiger charge is 2.31. The molecule has 0 aromatic rings. The zero-order chi connectivity index (χ0) is 12.6. The number of hydrogen-bond donors (Lipinski definition) is 1. The van der Waals surface area contributed by atoms with Crippen LogP contribution < -0.4 is 5.32 Å². The highest BCUT2D eigenvalue weighted by atomic mass is 15.1. The van der Waals surface area contributed by atoms with Crippen LogP contribution in [0, 0.1) is 5.41 Å². The minimum absolute atomic E-state index is 0.552. The normalized spacial score (nSPS) is 20.5. The van der Waals surface area contributed by atoms with E-state index in [2.05, 4.69) is 31.1 Å². The summed E-state index contributed by atoms with van der Waals surface area (Å²) in [4.78, 5) is 2.54. The zero-order valence-electron chi connectivity index (χ0n) is 12.2. The molecule has 2 heteroatoms. The van der Waals surface area contributed by atoms with Gasteiger partial charge in [-0.05, 0) is 44.8 Å². The first-order valence-electron chi connectivity index (χ1n) is 7.62. The summed E-state index contributed by atoms with van der Waals surface area (Å²) < 4.78 is 0. The van der Waals surface area contributed by atoms with E-state index in [1.165, 1.54) is 64.6 Å². The topological polar surface area (TPSA) is 15.3 Å². The third-order valence-corrected chi connectivity index (χ3v) is 4.12. The summed E-state index contributed by atoms with van der Waals surface area (Å²) in [6, 6.07) is 0. The molecule has 0 heterocycles. The van der Waals surface area contributed by atoms with Gasteiger partial charge in [0, 0.05) is 13.1 Å². The van der Waals surface area contributed by atoms with Gasteiger partial charge in [0.05, 0.1) is 0 Å². The summed E-state index contributed by atoms with van der Waals surface area (Å²) in [6.07, 6.45) is 9.89. The van der Waals surface area contributed by atoms with Gasteiger partial charge < -0.3 is 10.2 Å². The van der Waals surface area contributed by atoms with Crippen LogP contribution in [0.5, 0.6) is 0 Å². The molecule has 17 heavy (non-hydrogen) atoms. The van der Waals surface area contributed by atoms with Crippen LogP contribution >= 0.6 is 0 Å². The molecule has 0 bridgehead atoms. The maximum Gasteiger partial charge on any atom is 0.00471 e. The first-order chi connectivity index (χ1) is 8.22. The quantitative estimate of drug-likeness (QED) is 0.687. The van der Waals surface area contributed by atoms with Crippen molar-refractivity contribution < 1.29 is 0 Å². The van der Waals surface area contributed by atoms with Gasteiger partial charge in [0.15, 0.2) is 0 Å². The Hall–Kier alpha value is -0.0800. The monoisotopic (exact) mass is 240 g/mol. The fraction of sp³-hybridized carbons (Fsp3) is 1.00. The van der Waals surface area contributed by atoms with E-state index in [1.54, 1.807) is 0 Å². The van der Waals surface area contributed by atoms with Gasteiger partial charge in [-0.1, -0.05) is 39.5 Å². The Labute approximate surface area is 108 Å². The molecule has 1 saturated carbocycles. The molecule has 0 saturated heterocycles. The molecule has 1 N–H and O–H groups in total. The van der Waals surface area contributed by atoms with Crippen molar-refractivity contribution in [3.63, 3.8) is 0 Å². The second-order valence-electron chi connectivity index (χ2n) is 5.93. The van der Waals surface area contributed by atoms with E-state index in [0.29, 0.717) is 5.41 Å². The molecule has 1 aliphatic rings. The lowest BCUT2D eigenvalue weighted by Gasteiger charge is -2.37. The molecule has 0 radical (unpaired) electrons. The Kier molecular flexibility index (Phi) is 7.14. The van der Waals surface area contributed by atoms with Crippen LogP contribution in [0.1, 0.15) is 58.8 Å². The lowest BCUT2D eigenvalue weighted by molar-refractivity contribution is 0.147. The van der Waals surface area contributed by atoms with Gasteiger partial charge in [-0.15, -0.1) is 0 Å². The van der Waals surface area contributed by atoms with Crippen molar-refractivity contribution in [3.8, 4) is 0 Å². The number of hydrogen-bond acceptors (Lipinski definition) is 2. The van der Waals surface area contributed by atoms with Gasteiger partial charge in [-0.3, -0.25) is 0 Å².